The molecule has 0 amide bonds. The molecule has 3 aromatic heterocycles. The molecule has 0 saturated heterocycles. The van der Waals surface area contributed by atoms with Gasteiger partial charge in [-0.1, -0.05) is 37.6 Å². The van der Waals surface area contributed by atoms with Crippen LogP contribution in [0.1, 0.15) is 25.3 Å². The van der Waals surface area contributed by atoms with E-state index in [0.717, 1.165) is 53.3 Å². The maximum absolute atomic E-state index is 8.89. The number of nitrogen functional groups attached to an aromatic ring is 1. The van der Waals surface area contributed by atoms with Gasteiger partial charge in [-0.3, -0.25) is 0 Å². The molecule has 5 nitrogen and oxygen atoms in total. The van der Waals surface area contributed by atoms with E-state index in [1.807, 2.05) is 23.3 Å². The Labute approximate surface area is 194 Å². The second kappa shape index (κ2) is 10.6. The number of aliphatic hydroxyl groups is 1. The second-order valence-electron chi connectivity index (χ2n) is 7.05. The number of nitrogens with two attached hydrogens (primary N) is 1. The third-order valence-electron chi connectivity index (χ3n) is 4.82. The topological polar surface area (TPSA) is 81.3 Å². The fourth-order valence-corrected chi connectivity index (χ4v) is 6.29. The quantitative estimate of drug-likeness (QED) is 0.216. The van der Waals surface area contributed by atoms with Crippen molar-refractivity contribution in [1.82, 2.24) is 9.97 Å². The largest absolute Gasteiger partial charge is 0.397 e. The Morgan fingerprint density at radius 1 is 1.23 bits per heavy atom. The van der Waals surface area contributed by atoms with Crippen LogP contribution in [0, 0.1) is 0 Å². The van der Waals surface area contributed by atoms with E-state index in [-0.39, 0.29) is 6.61 Å². The SMILES string of the molecule is CCCCSc1sc2nc(-c3nccs3)cc(-c3ccc(COCCO)cc3)c2c1N. The molecule has 3 N–H and O–H groups in total. The minimum Gasteiger partial charge on any atom is -0.397 e. The summed E-state index contributed by atoms with van der Waals surface area (Å²) in [6, 6.07) is 10.4. The molecule has 0 saturated carbocycles. The lowest BCUT2D eigenvalue weighted by Crippen LogP contribution is -1.99. The zero-order valence-electron chi connectivity index (χ0n) is 17.3. The number of benzene rings is 1. The summed E-state index contributed by atoms with van der Waals surface area (Å²) in [5, 5.41) is 12.8. The number of hydrogen-bond donors (Lipinski definition) is 2. The summed E-state index contributed by atoms with van der Waals surface area (Å²) in [4.78, 5) is 10.3. The van der Waals surface area contributed by atoms with Crippen LogP contribution in [0.4, 0.5) is 5.69 Å². The van der Waals surface area contributed by atoms with Gasteiger partial charge in [0.15, 0.2) is 0 Å². The van der Waals surface area contributed by atoms with E-state index in [1.54, 1.807) is 22.7 Å². The molecule has 0 spiro atoms. The number of hydrogen-bond acceptors (Lipinski definition) is 8. The molecule has 0 fully saturated rings. The zero-order valence-corrected chi connectivity index (χ0v) is 19.8. The van der Waals surface area contributed by atoms with Crippen molar-refractivity contribution in [2.45, 2.75) is 30.6 Å². The minimum atomic E-state index is 0.0304. The van der Waals surface area contributed by atoms with Crippen molar-refractivity contribution in [3.8, 4) is 21.8 Å². The summed E-state index contributed by atoms with van der Waals surface area (Å²) in [5.41, 5.74) is 11.6. The van der Waals surface area contributed by atoms with E-state index in [0.29, 0.717) is 13.2 Å². The van der Waals surface area contributed by atoms with Crippen molar-refractivity contribution < 1.29 is 9.84 Å². The van der Waals surface area contributed by atoms with E-state index in [1.165, 1.54) is 12.8 Å². The van der Waals surface area contributed by atoms with Crippen molar-refractivity contribution in [3.63, 3.8) is 0 Å². The van der Waals surface area contributed by atoms with Crippen molar-refractivity contribution in [2.24, 2.45) is 0 Å². The third-order valence-corrected chi connectivity index (χ3v) is 8.08. The Morgan fingerprint density at radius 3 is 2.77 bits per heavy atom. The number of nitrogens with zero attached hydrogens (tertiary/aromatic N) is 2. The first-order valence-electron chi connectivity index (χ1n) is 10.2. The molecule has 0 atom stereocenters. The Kier molecular flexibility index (Phi) is 7.58. The highest BCUT2D eigenvalue weighted by atomic mass is 32.2. The first-order valence-corrected chi connectivity index (χ1v) is 12.9. The van der Waals surface area contributed by atoms with Gasteiger partial charge in [-0.15, -0.1) is 34.4 Å². The summed E-state index contributed by atoms with van der Waals surface area (Å²) in [7, 11) is 0. The molecule has 3 heterocycles. The van der Waals surface area contributed by atoms with Crippen molar-refractivity contribution in [2.75, 3.05) is 24.7 Å². The van der Waals surface area contributed by atoms with Gasteiger partial charge in [0.25, 0.3) is 0 Å². The molecule has 162 valence electrons. The summed E-state index contributed by atoms with van der Waals surface area (Å²) in [6.45, 7) is 3.06. The summed E-state index contributed by atoms with van der Waals surface area (Å²) < 4.78 is 6.58. The molecule has 8 heteroatoms. The molecule has 0 unspecified atom stereocenters. The number of unbranched alkanes of at least 4 members (excludes halogenated alkanes) is 1. The van der Waals surface area contributed by atoms with Crippen LogP contribution < -0.4 is 5.73 Å². The van der Waals surface area contributed by atoms with Gasteiger partial charge >= 0.3 is 0 Å². The highest BCUT2D eigenvalue weighted by molar-refractivity contribution is 8.01. The van der Waals surface area contributed by atoms with Crippen molar-refractivity contribution in [3.05, 3.63) is 47.5 Å². The fraction of sp³-hybridized carbons (Fsp3) is 0.304. The summed E-state index contributed by atoms with van der Waals surface area (Å²) in [6.07, 6.45) is 4.15. The molecule has 4 aromatic rings. The Balaban J connectivity index is 1.76. The molecule has 1 aromatic carbocycles. The number of pyridine rings is 1. The number of thiophene rings is 1. The number of anilines is 1. The monoisotopic (exact) mass is 471 g/mol. The average molecular weight is 472 g/mol. The molecule has 0 bridgehead atoms. The first kappa shape index (κ1) is 22.2. The van der Waals surface area contributed by atoms with Gasteiger partial charge in [-0.2, -0.15) is 0 Å². The van der Waals surface area contributed by atoms with Crippen LogP contribution in [-0.2, 0) is 11.3 Å². The standard InChI is InChI=1S/C23H25N3O2S3/c1-2-3-11-30-23-20(24)19-17(16-6-4-15(5-7-16)14-28-10-9-27)13-18(26-22(19)31-23)21-25-8-12-29-21/h4-8,12-13,27H,2-3,9-11,14,24H2,1H3. The average Bonchev–Trinajstić information content (AvgIpc) is 3.43. The summed E-state index contributed by atoms with van der Waals surface area (Å²) in [5.74, 6) is 1.06. The van der Waals surface area contributed by atoms with Crippen LogP contribution in [0.3, 0.4) is 0 Å². The molecule has 0 aliphatic rings. The van der Waals surface area contributed by atoms with E-state index < -0.39 is 0 Å². The number of thiazole rings is 1. The molecule has 0 radical (unpaired) electrons. The van der Waals surface area contributed by atoms with Crippen LogP contribution in [0.15, 0.2) is 46.1 Å². The lowest BCUT2D eigenvalue weighted by atomic mass is 10.0. The van der Waals surface area contributed by atoms with Gasteiger partial charge in [0.2, 0.25) is 0 Å². The fourth-order valence-electron chi connectivity index (χ4n) is 3.24. The number of rotatable bonds is 10. The maximum atomic E-state index is 8.89. The number of ether oxygens (including phenoxy) is 1. The lowest BCUT2D eigenvalue weighted by Gasteiger charge is -2.09. The highest BCUT2D eigenvalue weighted by Crippen LogP contribution is 2.45. The van der Waals surface area contributed by atoms with Crippen LogP contribution in [0.2, 0.25) is 0 Å². The van der Waals surface area contributed by atoms with Crippen molar-refractivity contribution >= 4 is 50.3 Å². The third kappa shape index (κ3) is 5.10. The van der Waals surface area contributed by atoms with Gasteiger partial charge in [-0.25, -0.2) is 9.97 Å². The normalized spacial score (nSPS) is 11.4. The van der Waals surface area contributed by atoms with Gasteiger partial charge in [0, 0.05) is 17.0 Å². The van der Waals surface area contributed by atoms with Gasteiger partial charge in [-0.05, 0) is 34.9 Å². The van der Waals surface area contributed by atoms with Gasteiger partial charge in [0.1, 0.15) is 15.5 Å². The smallest absolute Gasteiger partial charge is 0.141 e. The molecular weight excluding hydrogens is 446 g/mol. The Bertz CT molecular complexity index is 1130. The lowest BCUT2D eigenvalue weighted by molar-refractivity contribution is 0.0815. The van der Waals surface area contributed by atoms with Crippen LogP contribution >= 0.6 is 34.4 Å². The Morgan fingerprint density at radius 2 is 2.06 bits per heavy atom. The van der Waals surface area contributed by atoms with Crippen LogP contribution in [0.5, 0.6) is 0 Å². The zero-order chi connectivity index (χ0) is 21.6. The van der Waals surface area contributed by atoms with Crippen molar-refractivity contribution in [1.29, 1.82) is 0 Å². The number of thioether (sulfide) groups is 1. The molecule has 0 aliphatic carbocycles. The van der Waals surface area contributed by atoms with Gasteiger partial charge < -0.3 is 15.6 Å². The molecular formula is C23H25N3O2S3. The molecule has 0 aliphatic heterocycles. The number of fused-ring (bicyclic) bond motifs is 1. The first-order chi connectivity index (χ1) is 15.2. The van der Waals surface area contributed by atoms with Crippen LogP contribution in [0.25, 0.3) is 32.0 Å². The number of aliphatic hydroxyl groups excluding tert-OH is 1. The van der Waals surface area contributed by atoms with E-state index in [4.69, 9.17) is 20.6 Å². The van der Waals surface area contributed by atoms with E-state index >= 15 is 0 Å². The second-order valence-corrected chi connectivity index (χ2v) is 10.3. The minimum absolute atomic E-state index is 0.0304. The van der Waals surface area contributed by atoms with Crippen LogP contribution in [-0.4, -0.2) is 34.0 Å². The molecule has 31 heavy (non-hydrogen) atoms. The number of aromatic nitrogens is 2. The predicted molar refractivity (Wildman–Crippen MR) is 133 cm³/mol. The van der Waals surface area contributed by atoms with E-state index in [9.17, 15) is 0 Å². The highest BCUT2D eigenvalue weighted by Gasteiger charge is 2.18. The maximum Gasteiger partial charge on any atom is 0.141 e. The predicted octanol–water partition coefficient (Wildman–Crippen LogP) is 6.07. The Hall–Kier alpha value is -1.97. The van der Waals surface area contributed by atoms with Gasteiger partial charge in [0.05, 0.1) is 29.7 Å². The molecule has 4 rings (SSSR count). The summed E-state index contributed by atoms with van der Waals surface area (Å²) >= 11 is 5.08. The van der Waals surface area contributed by atoms with E-state index in [2.05, 4.69) is 42.2 Å².